The summed E-state index contributed by atoms with van der Waals surface area (Å²) in [5.41, 5.74) is -0.0762. The lowest BCUT2D eigenvalue weighted by molar-refractivity contribution is 0.102. The number of nitrogens with one attached hydrogen (secondary N) is 1. The van der Waals surface area contributed by atoms with E-state index in [1.807, 2.05) is 0 Å². The van der Waals surface area contributed by atoms with Gasteiger partial charge in [-0.25, -0.2) is 13.8 Å². The van der Waals surface area contributed by atoms with Gasteiger partial charge >= 0.3 is 0 Å². The van der Waals surface area contributed by atoms with E-state index in [1.165, 1.54) is 17.5 Å². The molecule has 6 heteroatoms. The number of thiazole rings is 1. The molecular formula is C10H6F2N2OS. The van der Waals surface area contributed by atoms with Crippen LogP contribution in [0.25, 0.3) is 0 Å². The van der Waals surface area contributed by atoms with Gasteiger partial charge in [-0.1, -0.05) is 0 Å². The molecule has 1 aromatic carbocycles. The largest absolute Gasteiger partial charge is 0.298 e. The van der Waals surface area contributed by atoms with Crippen molar-refractivity contribution in [3.8, 4) is 0 Å². The number of nitrogens with zero attached hydrogens (tertiary/aromatic N) is 1. The van der Waals surface area contributed by atoms with E-state index in [9.17, 15) is 13.6 Å². The highest BCUT2D eigenvalue weighted by Crippen LogP contribution is 2.13. The number of carbonyl (C=O) groups is 1. The van der Waals surface area contributed by atoms with Gasteiger partial charge in [0.1, 0.15) is 11.6 Å². The lowest BCUT2D eigenvalue weighted by atomic mass is 10.2. The van der Waals surface area contributed by atoms with Crippen molar-refractivity contribution in [3.63, 3.8) is 0 Å². The van der Waals surface area contributed by atoms with E-state index in [-0.39, 0.29) is 5.56 Å². The van der Waals surface area contributed by atoms with Crippen LogP contribution in [0.15, 0.2) is 29.8 Å². The Kier molecular flexibility index (Phi) is 2.91. The van der Waals surface area contributed by atoms with Gasteiger partial charge < -0.3 is 0 Å². The van der Waals surface area contributed by atoms with Crippen LogP contribution in [-0.4, -0.2) is 10.9 Å². The normalized spacial score (nSPS) is 10.1. The van der Waals surface area contributed by atoms with E-state index < -0.39 is 17.5 Å². The lowest BCUT2D eigenvalue weighted by Gasteiger charge is -2.01. The van der Waals surface area contributed by atoms with Crippen LogP contribution in [0.5, 0.6) is 0 Å². The topological polar surface area (TPSA) is 42.0 Å². The van der Waals surface area contributed by atoms with E-state index in [0.717, 1.165) is 12.1 Å². The van der Waals surface area contributed by atoms with Crippen LogP contribution < -0.4 is 5.32 Å². The van der Waals surface area contributed by atoms with Gasteiger partial charge in [0, 0.05) is 23.2 Å². The highest BCUT2D eigenvalue weighted by Gasteiger charge is 2.10. The highest BCUT2D eigenvalue weighted by atomic mass is 32.1. The molecule has 0 aliphatic carbocycles. The Hall–Kier alpha value is -1.82. The van der Waals surface area contributed by atoms with Crippen LogP contribution in [0.3, 0.4) is 0 Å². The molecule has 0 fully saturated rings. The first kappa shape index (κ1) is 10.7. The van der Waals surface area contributed by atoms with Crippen LogP contribution in [0, 0.1) is 11.6 Å². The molecule has 1 heterocycles. The Balaban J connectivity index is 2.21. The molecule has 0 radical (unpaired) electrons. The number of anilines is 1. The van der Waals surface area contributed by atoms with Gasteiger partial charge in [-0.3, -0.25) is 10.1 Å². The maximum absolute atomic E-state index is 12.8. The number of hydrogen-bond acceptors (Lipinski definition) is 3. The van der Waals surface area contributed by atoms with Gasteiger partial charge in [0.05, 0.1) is 0 Å². The van der Waals surface area contributed by atoms with Crippen molar-refractivity contribution in [2.24, 2.45) is 0 Å². The Morgan fingerprint density at radius 1 is 1.25 bits per heavy atom. The number of benzene rings is 1. The monoisotopic (exact) mass is 240 g/mol. The molecule has 3 nitrogen and oxygen atoms in total. The van der Waals surface area contributed by atoms with E-state index in [2.05, 4.69) is 10.3 Å². The van der Waals surface area contributed by atoms with Gasteiger partial charge in [0.15, 0.2) is 5.13 Å². The zero-order valence-electron chi connectivity index (χ0n) is 7.91. The molecule has 82 valence electrons. The van der Waals surface area contributed by atoms with Gasteiger partial charge in [0.2, 0.25) is 0 Å². The molecule has 0 bridgehead atoms. The fourth-order valence-corrected chi connectivity index (χ4v) is 1.66. The van der Waals surface area contributed by atoms with Crippen LogP contribution in [-0.2, 0) is 0 Å². The zero-order valence-corrected chi connectivity index (χ0v) is 8.72. The fraction of sp³-hybridized carbons (Fsp3) is 0. The number of rotatable bonds is 2. The average molecular weight is 240 g/mol. The Morgan fingerprint density at radius 2 is 1.94 bits per heavy atom. The van der Waals surface area contributed by atoms with E-state index in [0.29, 0.717) is 11.2 Å². The van der Waals surface area contributed by atoms with Crippen molar-refractivity contribution in [3.05, 3.63) is 47.0 Å². The molecule has 0 saturated heterocycles. The summed E-state index contributed by atoms with van der Waals surface area (Å²) in [5, 5.41) is 4.49. The molecular weight excluding hydrogens is 234 g/mol. The summed E-state index contributed by atoms with van der Waals surface area (Å²) in [7, 11) is 0. The third-order valence-electron chi connectivity index (χ3n) is 1.78. The quantitative estimate of drug-likeness (QED) is 0.876. The van der Waals surface area contributed by atoms with Crippen LogP contribution in [0.4, 0.5) is 13.9 Å². The maximum atomic E-state index is 12.8. The van der Waals surface area contributed by atoms with Crippen LogP contribution >= 0.6 is 11.3 Å². The molecule has 1 N–H and O–H groups in total. The predicted molar refractivity (Wildman–Crippen MR) is 56.4 cm³/mol. The Labute approximate surface area is 93.8 Å². The fourth-order valence-electron chi connectivity index (χ4n) is 1.14. The summed E-state index contributed by atoms with van der Waals surface area (Å²) in [6, 6.07) is 2.64. The first-order valence-corrected chi connectivity index (χ1v) is 5.20. The smallest absolute Gasteiger partial charge is 0.257 e. The SMILES string of the molecule is O=C(Nc1nccs1)c1cc(F)cc(F)c1. The molecule has 0 spiro atoms. The highest BCUT2D eigenvalue weighted by molar-refractivity contribution is 7.13. The molecule has 2 rings (SSSR count). The summed E-state index contributed by atoms with van der Waals surface area (Å²) in [6.45, 7) is 0. The van der Waals surface area contributed by atoms with Crippen molar-refractivity contribution >= 4 is 22.4 Å². The number of amides is 1. The zero-order chi connectivity index (χ0) is 11.5. The molecule has 16 heavy (non-hydrogen) atoms. The molecule has 1 amide bonds. The molecule has 0 aliphatic heterocycles. The summed E-state index contributed by atoms with van der Waals surface area (Å²) in [5.74, 6) is -2.16. The second-order valence-corrected chi connectivity index (χ2v) is 3.84. The van der Waals surface area contributed by atoms with Gasteiger partial charge in [0.25, 0.3) is 5.91 Å². The van der Waals surface area contributed by atoms with Gasteiger partial charge in [-0.05, 0) is 12.1 Å². The molecule has 0 atom stereocenters. The molecule has 2 aromatic rings. The third kappa shape index (κ3) is 2.40. The number of halogens is 2. The third-order valence-corrected chi connectivity index (χ3v) is 2.47. The molecule has 0 unspecified atom stereocenters. The van der Waals surface area contributed by atoms with Crippen molar-refractivity contribution < 1.29 is 13.6 Å². The first-order valence-electron chi connectivity index (χ1n) is 4.32. The summed E-state index contributed by atoms with van der Waals surface area (Å²) >= 11 is 1.22. The second-order valence-electron chi connectivity index (χ2n) is 2.95. The maximum Gasteiger partial charge on any atom is 0.257 e. The van der Waals surface area contributed by atoms with E-state index in [4.69, 9.17) is 0 Å². The van der Waals surface area contributed by atoms with Gasteiger partial charge in [-0.2, -0.15) is 0 Å². The van der Waals surface area contributed by atoms with E-state index in [1.54, 1.807) is 5.38 Å². The minimum Gasteiger partial charge on any atom is -0.298 e. The molecule has 0 aliphatic rings. The van der Waals surface area contributed by atoms with E-state index >= 15 is 0 Å². The second kappa shape index (κ2) is 4.36. The summed E-state index contributed by atoms with van der Waals surface area (Å²) in [6.07, 6.45) is 1.52. The van der Waals surface area contributed by atoms with Crippen molar-refractivity contribution in [2.45, 2.75) is 0 Å². The predicted octanol–water partition coefficient (Wildman–Crippen LogP) is 2.67. The summed E-state index contributed by atoms with van der Waals surface area (Å²) < 4.78 is 25.7. The lowest BCUT2D eigenvalue weighted by Crippen LogP contribution is -2.12. The minimum atomic E-state index is -0.788. The van der Waals surface area contributed by atoms with Crippen LogP contribution in [0.2, 0.25) is 0 Å². The summed E-state index contributed by atoms with van der Waals surface area (Å²) in [4.78, 5) is 15.4. The standard InChI is InChI=1S/C10H6F2N2OS/c11-7-3-6(4-8(12)5-7)9(15)14-10-13-1-2-16-10/h1-5H,(H,13,14,15). The average Bonchev–Trinajstić information content (AvgIpc) is 2.68. The van der Waals surface area contributed by atoms with Crippen molar-refractivity contribution in [1.29, 1.82) is 0 Å². The Bertz CT molecular complexity index is 493. The number of carbonyl (C=O) groups excluding carboxylic acids is 1. The Morgan fingerprint density at radius 3 is 2.50 bits per heavy atom. The van der Waals surface area contributed by atoms with Gasteiger partial charge in [-0.15, -0.1) is 11.3 Å². The van der Waals surface area contributed by atoms with Crippen molar-refractivity contribution in [1.82, 2.24) is 4.98 Å². The number of aromatic nitrogens is 1. The molecule has 0 saturated carbocycles. The number of hydrogen-bond donors (Lipinski definition) is 1. The first-order chi connectivity index (χ1) is 7.65. The van der Waals surface area contributed by atoms with Crippen molar-refractivity contribution in [2.75, 3.05) is 5.32 Å². The molecule has 1 aromatic heterocycles. The minimum absolute atomic E-state index is 0.0762. The van der Waals surface area contributed by atoms with Crippen LogP contribution in [0.1, 0.15) is 10.4 Å².